The lowest BCUT2D eigenvalue weighted by molar-refractivity contribution is 0.314. The minimum absolute atomic E-state index is 0.814. The Balaban J connectivity index is 0. The van der Waals surface area contributed by atoms with Gasteiger partial charge in [-0.25, -0.2) is 0 Å². The van der Waals surface area contributed by atoms with Crippen LogP contribution in [0.15, 0.2) is 0 Å². The third-order valence-electron chi connectivity index (χ3n) is 2.34. The second kappa shape index (κ2) is 12.0. The Morgan fingerprint density at radius 2 is 1.54 bits per heavy atom. The zero-order valence-corrected chi connectivity index (χ0v) is 10.5. The second-order valence-corrected chi connectivity index (χ2v) is 3.26. The molecule has 0 radical (unpaired) electrons. The number of hydrogen-bond acceptors (Lipinski definition) is 1. The van der Waals surface area contributed by atoms with Gasteiger partial charge in [0.2, 0.25) is 0 Å². The van der Waals surface area contributed by atoms with Gasteiger partial charge >= 0.3 is 0 Å². The topological polar surface area (TPSA) is 12.0 Å². The third kappa shape index (κ3) is 8.29. The van der Waals surface area contributed by atoms with Gasteiger partial charge in [-0.05, 0) is 25.8 Å². The Bertz CT molecular complexity index is 81.2. The van der Waals surface area contributed by atoms with E-state index in [1.807, 2.05) is 27.7 Å². The molecule has 2 atom stereocenters. The molecule has 0 amide bonds. The van der Waals surface area contributed by atoms with E-state index in [1.165, 1.54) is 25.7 Å². The van der Waals surface area contributed by atoms with Crippen molar-refractivity contribution in [3.63, 3.8) is 0 Å². The molecular formula is C12H29N. The van der Waals surface area contributed by atoms with Crippen molar-refractivity contribution >= 4 is 0 Å². The fourth-order valence-electron chi connectivity index (χ4n) is 1.70. The summed E-state index contributed by atoms with van der Waals surface area (Å²) in [5.41, 5.74) is 0. The Morgan fingerprint density at radius 1 is 1.00 bits per heavy atom. The minimum Gasteiger partial charge on any atom is -0.317 e. The minimum atomic E-state index is 0.814. The molecule has 1 rings (SSSR count). The molecule has 0 spiro atoms. The maximum absolute atomic E-state index is 3.33. The zero-order valence-electron chi connectivity index (χ0n) is 10.5. The average Bonchev–Trinajstić information content (AvgIpc) is 2.24. The Labute approximate surface area is 85.3 Å². The van der Waals surface area contributed by atoms with Crippen molar-refractivity contribution < 1.29 is 0 Å². The zero-order chi connectivity index (χ0) is 10.7. The van der Waals surface area contributed by atoms with Gasteiger partial charge in [-0.3, -0.25) is 0 Å². The molecule has 0 bridgehead atoms. The Morgan fingerprint density at radius 3 is 1.85 bits per heavy atom. The van der Waals surface area contributed by atoms with Gasteiger partial charge in [0.05, 0.1) is 0 Å². The summed E-state index contributed by atoms with van der Waals surface area (Å²) in [4.78, 5) is 0. The quantitative estimate of drug-likeness (QED) is 0.658. The largest absolute Gasteiger partial charge is 0.317 e. The van der Waals surface area contributed by atoms with Crippen molar-refractivity contribution in [2.45, 2.75) is 66.3 Å². The smallest absolute Gasteiger partial charge is 0.00666 e. The molecule has 0 aromatic heterocycles. The van der Waals surface area contributed by atoms with E-state index in [2.05, 4.69) is 19.3 Å². The van der Waals surface area contributed by atoms with E-state index in [0.717, 1.165) is 12.0 Å². The lowest BCUT2D eigenvalue weighted by Gasteiger charge is -2.25. The summed E-state index contributed by atoms with van der Waals surface area (Å²) in [6.07, 6.45) is 5.64. The molecular weight excluding hydrogens is 158 g/mol. The fraction of sp³-hybridized carbons (Fsp3) is 1.00. The van der Waals surface area contributed by atoms with Gasteiger partial charge in [0.25, 0.3) is 0 Å². The molecule has 1 nitrogen and oxygen atoms in total. The Hall–Kier alpha value is -0.0400. The van der Waals surface area contributed by atoms with Crippen LogP contribution < -0.4 is 5.32 Å². The summed E-state index contributed by atoms with van der Waals surface area (Å²) >= 11 is 0. The Kier molecular flexibility index (Phi) is 14.2. The van der Waals surface area contributed by atoms with Gasteiger partial charge in [0.1, 0.15) is 0 Å². The molecule has 1 aliphatic rings. The first-order chi connectivity index (χ1) is 6.33. The lowest BCUT2D eigenvalue weighted by atomic mass is 9.87. The van der Waals surface area contributed by atoms with Gasteiger partial charge in [-0.1, -0.05) is 47.5 Å². The van der Waals surface area contributed by atoms with Crippen LogP contribution in [-0.4, -0.2) is 13.1 Å². The second-order valence-electron chi connectivity index (χ2n) is 3.26. The first kappa shape index (κ1) is 15.4. The highest BCUT2D eigenvalue weighted by molar-refractivity contribution is 4.73. The van der Waals surface area contributed by atoms with E-state index in [4.69, 9.17) is 0 Å². The predicted octanol–water partition coefficient (Wildman–Crippen LogP) is 3.84. The first-order valence-corrected chi connectivity index (χ1v) is 6.00. The highest BCUT2D eigenvalue weighted by Crippen LogP contribution is 2.22. The number of nitrogens with one attached hydrogen (secondary N) is 1. The van der Waals surface area contributed by atoms with Gasteiger partial charge in [-0.2, -0.15) is 0 Å². The molecule has 0 heterocycles. The summed E-state index contributed by atoms with van der Waals surface area (Å²) in [6.45, 7) is 10.4. The molecule has 1 fully saturated rings. The van der Waals surface area contributed by atoms with E-state index in [9.17, 15) is 0 Å². The molecule has 0 aromatic carbocycles. The van der Waals surface area contributed by atoms with Crippen LogP contribution in [0, 0.1) is 5.92 Å². The highest BCUT2D eigenvalue weighted by Gasteiger charge is 2.16. The van der Waals surface area contributed by atoms with Crippen LogP contribution >= 0.6 is 0 Å². The summed E-state index contributed by atoms with van der Waals surface area (Å²) in [5.74, 6) is 0.955. The van der Waals surface area contributed by atoms with Gasteiger partial charge < -0.3 is 5.32 Å². The first-order valence-electron chi connectivity index (χ1n) is 6.00. The standard InChI is InChI=1S/C8H17N.2C2H6/c1-7-4-3-5-8(6-7)9-2;2*1-2/h7-9H,3-6H2,1-2H3;2*1-2H3. The maximum atomic E-state index is 3.33. The summed E-state index contributed by atoms with van der Waals surface area (Å²) in [5, 5.41) is 3.33. The third-order valence-corrected chi connectivity index (χ3v) is 2.34. The van der Waals surface area contributed by atoms with Crippen LogP contribution in [0.1, 0.15) is 60.3 Å². The molecule has 1 heteroatoms. The molecule has 13 heavy (non-hydrogen) atoms. The molecule has 0 saturated heterocycles. The fourth-order valence-corrected chi connectivity index (χ4v) is 1.70. The molecule has 1 saturated carbocycles. The van der Waals surface area contributed by atoms with Crippen molar-refractivity contribution in [1.82, 2.24) is 5.32 Å². The SMILES string of the molecule is CC.CC.CNC1CCCC(C)C1. The van der Waals surface area contributed by atoms with Gasteiger partial charge in [0, 0.05) is 6.04 Å². The summed E-state index contributed by atoms with van der Waals surface area (Å²) in [7, 11) is 2.07. The lowest BCUT2D eigenvalue weighted by Crippen LogP contribution is -2.30. The van der Waals surface area contributed by atoms with Crippen LogP contribution in [-0.2, 0) is 0 Å². The monoisotopic (exact) mass is 187 g/mol. The van der Waals surface area contributed by atoms with E-state index >= 15 is 0 Å². The van der Waals surface area contributed by atoms with Crippen molar-refractivity contribution in [1.29, 1.82) is 0 Å². The van der Waals surface area contributed by atoms with Crippen LogP contribution in [0.5, 0.6) is 0 Å². The van der Waals surface area contributed by atoms with E-state index in [-0.39, 0.29) is 0 Å². The molecule has 1 aliphatic carbocycles. The van der Waals surface area contributed by atoms with Crippen LogP contribution in [0.2, 0.25) is 0 Å². The van der Waals surface area contributed by atoms with Crippen molar-refractivity contribution in [2.24, 2.45) is 5.92 Å². The van der Waals surface area contributed by atoms with Crippen molar-refractivity contribution in [3.05, 3.63) is 0 Å². The number of rotatable bonds is 1. The molecule has 82 valence electrons. The summed E-state index contributed by atoms with van der Waals surface area (Å²) < 4.78 is 0. The van der Waals surface area contributed by atoms with Crippen molar-refractivity contribution in [2.75, 3.05) is 7.05 Å². The van der Waals surface area contributed by atoms with Crippen LogP contribution in [0.3, 0.4) is 0 Å². The van der Waals surface area contributed by atoms with Gasteiger partial charge in [0.15, 0.2) is 0 Å². The average molecular weight is 187 g/mol. The summed E-state index contributed by atoms with van der Waals surface area (Å²) in [6, 6.07) is 0.814. The highest BCUT2D eigenvalue weighted by atomic mass is 14.9. The van der Waals surface area contributed by atoms with Gasteiger partial charge in [-0.15, -0.1) is 0 Å². The van der Waals surface area contributed by atoms with E-state index < -0.39 is 0 Å². The maximum Gasteiger partial charge on any atom is 0.00666 e. The van der Waals surface area contributed by atoms with Crippen molar-refractivity contribution in [3.8, 4) is 0 Å². The number of hydrogen-bond donors (Lipinski definition) is 1. The molecule has 0 aliphatic heterocycles. The normalized spacial score (nSPS) is 26.3. The molecule has 2 unspecified atom stereocenters. The van der Waals surface area contributed by atoms with E-state index in [1.54, 1.807) is 0 Å². The van der Waals surface area contributed by atoms with Crippen LogP contribution in [0.25, 0.3) is 0 Å². The predicted molar refractivity (Wildman–Crippen MR) is 63.2 cm³/mol. The molecule has 1 N–H and O–H groups in total. The van der Waals surface area contributed by atoms with Crippen LogP contribution in [0.4, 0.5) is 0 Å². The molecule has 0 aromatic rings. The van der Waals surface area contributed by atoms with E-state index in [0.29, 0.717) is 0 Å².